The maximum absolute atomic E-state index is 17.9. The Morgan fingerprint density at radius 1 is 0.342 bits per heavy atom. The van der Waals surface area contributed by atoms with Crippen LogP contribution < -0.4 is 0 Å². The first-order valence-corrected chi connectivity index (χ1v) is 12.5. The van der Waals surface area contributed by atoms with E-state index in [1.807, 2.05) is 127 Å². The Morgan fingerprint density at radius 3 is 0.921 bits per heavy atom. The molecule has 3 nitrogen and oxygen atoms in total. The number of pyridine rings is 3. The number of nitrogens with zero attached hydrogens (tertiary/aromatic N) is 3. The Hall–Kier alpha value is -4.96. The van der Waals surface area contributed by atoms with Crippen molar-refractivity contribution in [3.63, 3.8) is 0 Å². The van der Waals surface area contributed by atoms with E-state index in [9.17, 15) is 0 Å². The van der Waals surface area contributed by atoms with Crippen LogP contribution in [0.2, 0.25) is 0 Å². The van der Waals surface area contributed by atoms with E-state index in [1.54, 1.807) is 18.2 Å². The lowest BCUT2D eigenvalue weighted by Crippen LogP contribution is -2.28. The van der Waals surface area contributed by atoms with Crippen LogP contribution in [0.3, 0.4) is 0 Å². The van der Waals surface area contributed by atoms with Gasteiger partial charge in [0.25, 0.3) is 0 Å². The molecular formula is C34H24FN3. The minimum Gasteiger partial charge on any atom is -0.249 e. The maximum atomic E-state index is 17.9. The fourth-order valence-corrected chi connectivity index (χ4v) is 4.58. The summed E-state index contributed by atoms with van der Waals surface area (Å²) in [7, 11) is 0. The summed E-state index contributed by atoms with van der Waals surface area (Å²) in [6.45, 7) is 0. The molecule has 0 amide bonds. The third-order valence-corrected chi connectivity index (χ3v) is 6.51. The molecule has 3 heterocycles. The van der Waals surface area contributed by atoms with Crippen LogP contribution in [-0.2, 0) is 5.67 Å². The Kier molecular flexibility index (Phi) is 6.29. The Labute approximate surface area is 221 Å². The minimum absolute atomic E-state index is 0.231. The summed E-state index contributed by atoms with van der Waals surface area (Å²) in [6.07, 6.45) is 0. The van der Waals surface area contributed by atoms with E-state index in [0.29, 0.717) is 17.1 Å². The SMILES string of the molecule is FC(c1cccc(-c2ccccc2)n1)(c1cccc(-c2ccccc2)n1)c1cccc(-c2ccccc2)n1. The van der Waals surface area contributed by atoms with Gasteiger partial charge in [0.05, 0.1) is 34.2 Å². The summed E-state index contributed by atoms with van der Waals surface area (Å²) in [4.78, 5) is 14.5. The molecule has 0 atom stereocenters. The van der Waals surface area contributed by atoms with Gasteiger partial charge in [0.1, 0.15) is 0 Å². The lowest BCUT2D eigenvalue weighted by molar-refractivity contribution is 0.259. The van der Waals surface area contributed by atoms with Gasteiger partial charge in [-0.3, -0.25) is 0 Å². The largest absolute Gasteiger partial charge is 0.249 e. The molecule has 38 heavy (non-hydrogen) atoms. The molecule has 0 spiro atoms. The molecule has 0 fully saturated rings. The first-order chi connectivity index (χ1) is 18.7. The van der Waals surface area contributed by atoms with Crippen LogP contribution >= 0.6 is 0 Å². The van der Waals surface area contributed by atoms with Gasteiger partial charge in [-0.1, -0.05) is 109 Å². The molecule has 0 aliphatic heterocycles. The zero-order valence-electron chi connectivity index (χ0n) is 20.6. The lowest BCUT2D eigenvalue weighted by atomic mass is 9.90. The van der Waals surface area contributed by atoms with Crippen molar-refractivity contribution < 1.29 is 4.39 Å². The van der Waals surface area contributed by atoms with Crippen molar-refractivity contribution in [2.75, 3.05) is 0 Å². The van der Waals surface area contributed by atoms with Gasteiger partial charge in [0, 0.05) is 16.7 Å². The molecule has 0 saturated carbocycles. The molecule has 0 N–H and O–H groups in total. The van der Waals surface area contributed by atoms with E-state index in [-0.39, 0.29) is 17.1 Å². The summed E-state index contributed by atoms with van der Waals surface area (Å²) in [5.74, 6) is 0. The van der Waals surface area contributed by atoms with Crippen LogP contribution in [0.1, 0.15) is 17.1 Å². The number of aromatic nitrogens is 3. The number of hydrogen-bond acceptors (Lipinski definition) is 3. The number of alkyl halides is 1. The van der Waals surface area contributed by atoms with Crippen LogP contribution in [0, 0.1) is 0 Å². The molecule has 6 rings (SSSR count). The molecule has 0 aliphatic rings. The molecule has 182 valence electrons. The smallest absolute Gasteiger partial charge is 0.236 e. The summed E-state index contributed by atoms with van der Waals surface area (Å²) in [5.41, 5.74) is 3.28. The quantitative estimate of drug-likeness (QED) is 0.235. The van der Waals surface area contributed by atoms with Crippen molar-refractivity contribution in [2.24, 2.45) is 0 Å². The van der Waals surface area contributed by atoms with Gasteiger partial charge < -0.3 is 0 Å². The van der Waals surface area contributed by atoms with Crippen molar-refractivity contribution in [1.82, 2.24) is 15.0 Å². The highest BCUT2D eigenvalue weighted by Crippen LogP contribution is 2.40. The number of benzene rings is 3. The molecule has 0 radical (unpaired) electrons. The normalized spacial score (nSPS) is 11.3. The van der Waals surface area contributed by atoms with E-state index in [0.717, 1.165) is 16.7 Å². The average Bonchev–Trinajstić information content (AvgIpc) is 3.02. The zero-order valence-corrected chi connectivity index (χ0v) is 20.6. The van der Waals surface area contributed by atoms with Crippen LogP contribution in [0.15, 0.2) is 146 Å². The molecule has 0 bridgehead atoms. The van der Waals surface area contributed by atoms with Gasteiger partial charge in [-0.15, -0.1) is 0 Å². The molecule has 0 unspecified atom stereocenters. The van der Waals surface area contributed by atoms with Gasteiger partial charge in [0.15, 0.2) is 0 Å². The van der Waals surface area contributed by atoms with E-state index >= 15 is 4.39 Å². The molecule has 0 saturated heterocycles. The molecular weight excluding hydrogens is 469 g/mol. The van der Waals surface area contributed by atoms with Crippen LogP contribution in [0.5, 0.6) is 0 Å². The van der Waals surface area contributed by atoms with Gasteiger partial charge >= 0.3 is 0 Å². The molecule has 3 aromatic carbocycles. The molecule has 0 aliphatic carbocycles. The van der Waals surface area contributed by atoms with E-state index in [4.69, 9.17) is 15.0 Å². The van der Waals surface area contributed by atoms with Gasteiger partial charge in [-0.05, 0) is 36.4 Å². The highest BCUT2D eigenvalue weighted by molar-refractivity contribution is 5.63. The molecule has 6 aromatic rings. The topological polar surface area (TPSA) is 38.7 Å². The second kappa shape index (κ2) is 10.2. The monoisotopic (exact) mass is 493 g/mol. The second-order valence-electron chi connectivity index (χ2n) is 8.98. The minimum atomic E-state index is -2.19. The molecule has 4 heteroatoms. The predicted molar refractivity (Wildman–Crippen MR) is 150 cm³/mol. The van der Waals surface area contributed by atoms with Gasteiger partial charge in [-0.25, -0.2) is 19.3 Å². The Bertz CT molecular complexity index is 1470. The average molecular weight is 494 g/mol. The maximum Gasteiger partial charge on any atom is 0.236 e. The van der Waals surface area contributed by atoms with Gasteiger partial charge in [-0.2, -0.15) is 0 Å². The summed E-state index contributed by atoms with van der Waals surface area (Å²) in [5, 5.41) is 0. The van der Waals surface area contributed by atoms with Crippen LogP contribution in [-0.4, -0.2) is 15.0 Å². The van der Waals surface area contributed by atoms with E-state index < -0.39 is 5.67 Å². The third kappa shape index (κ3) is 4.48. The van der Waals surface area contributed by atoms with E-state index in [1.165, 1.54) is 0 Å². The summed E-state index contributed by atoms with van der Waals surface area (Å²) in [6, 6.07) is 45.6. The van der Waals surface area contributed by atoms with Crippen molar-refractivity contribution in [1.29, 1.82) is 0 Å². The Balaban J connectivity index is 1.56. The van der Waals surface area contributed by atoms with Crippen molar-refractivity contribution in [2.45, 2.75) is 5.67 Å². The number of hydrogen-bond donors (Lipinski definition) is 0. The molecule has 3 aromatic heterocycles. The van der Waals surface area contributed by atoms with Crippen molar-refractivity contribution in [3.05, 3.63) is 163 Å². The van der Waals surface area contributed by atoms with E-state index in [2.05, 4.69) is 0 Å². The first-order valence-electron chi connectivity index (χ1n) is 12.5. The fourth-order valence-electron chi connectivity index (χ4n) is 4.58. The first kappa shape index (κ1) is 23.4. The van der Waals surface area contributed by atoms with Crippen molar-refractivity contribution in [3.8, 4) is 33.8 Å². The second-order valence-corrected chi connectivity index (χ2v) is 8.98. The van der Waals surface area contributed by atoms with Crippen LogP contribution in [0.4, 0.5) is 4.39 Å². The highest BCUT2D eigenvalue weighted by atomic mass is 19.1. The fraction of sp³-hybridized carbons (Fsp3) is 0.0294. The van der Waals surface area contributed by atoms with Gasteiger partial charge in [0.2, 0.25) is 5.67 Å². The highest BCUT2D eigenvalue weighted by Gasteiger charge is 2.41. The number of halogens is 1. The lowest BCUT2D eigenvalue weighted by Gasteiger charge is -2.25. The van der Waals surface area contributed by atoms with Crippen molar-refractivity contribution >= 4 is 0 Å². The summed E-state index contributed by atoms with van der Waals surface area (Å²) >= 11 is 0. The zero-order chi connectivity index (χ0) is 25.8. The standard InChI is InChI=1S/C34H24FN3/c35-34(31-22-10-19-28(36-31)25-13-4-1-5-14-25,32-23-11-20-29(37-32)26-15-6-2-7-16-26)33-24-12-21-30(38-33)27-17-8-3-9-18-27/h1-24H. The predicted octanol–water partition coefficient (Wildman–Crippen LogP) is 8.13. The van der Waals surface area contributed by atoms with Crippen LogP contribution in [0.25, 0.3) is 33.8 Å². The summed E-state index contributed by atoms with van der Waals surface area (Å²) < 4.78 is 17.9. The Morgan fingerprint density at radius 2 is 0.632 bits per heavy atom. The third-order valence-electron chi connectivity index (χ3n) is 6.51. The number of rotatable bonds is 6.